The Morgan fingerprint density at radius 2 is 1.67 bits per heavy atom. The van der Waals surface area contributed by atoms with Crippen LogP contribution in [0.2, 0.25) is 0 Å². The van der Waals surface area contributed by atoms with Crippen LogP contribution in [0.5, 0.6) is 0 Å². The van der Waals surface area contributed by atoms with Crippen molar-refractivity contribution in [1.29, 1.82) is 0 Å². The van der Waals surface area contributed by atoms with Crippen molar-refractivity contribution < 1.29 is 0 Å². The molecule has 1 aliphatic heterocycles. The molecule has 1 heteroatoms. The molecule has 0 aromatic rings. The highest BCUT2D eigenvalue weighted by Gasteiger charge is 2.49. The summed E-state index contributed by atoms with van der Waals surface area (Å²) in [7, 11) is 2.29. The lowest BCUT2D eigenvalue weighted by Crippen LogP contribution is -2.41. The van der Waals surface area contributed by atoms with Crippen LogP contribution < -0.4 is 0 Å². The molecule has 0 aromatic carbocycles. The molecular weight excluding hydrogens is 182 g/mol. The van der Waals surface area contributed by atoms with Gasteiger partial charge in [0.25, 0.3) is 0 Å². The first-order chi connectivity index (χ1) is 7.30. The van der Waals surface area contributed by atoms with E-state index in [9.17, 15) is 0 Å². The average molecular weight is 207 g/mol. The van der Waals surface area contributed by atoms with E-state index in [-0.39, 0.29) is 0 Å². The molecule has 3 rings (SSSR count). The first-order valence-corrected chi connectivity index (χ1v) is 6.99. The van der Waals surface area contributed by atoms with Crippen LogP contribution in [0, 0.1) is 17.3 Å². The molecule has 0 radical (unpaired) electrons. The van der Waals surface area contributed by atoms with Gasteiger partial charge in [-0.05, 0) is 69.5 Å². The minimum atomic E-state index is 0.803. The lowest BCUT2D eigenvalue weighted by Gasteiger charge is -2.45. The molecule has 0 bridgehead atoms. The highest BCUT2D eigenvalue weighted by molar-refractivity contribution is 5.00. The number of piperidine rings is 1. The molecule has 15 heavy (non-hydrogen) atoms. The molecule has 3 fully saturated rings. The van der Waals surface area contributed by atoms with Crippen LogP contribution in [0.25, 0.3) is 0 Å². The van der Waals surface area contributed by atoms with E-state index in [1.165, 1.54) is 38.8 Å². The molecule has 1 spiro atoms. The topological polar surface area (TPSA) is 3.24 Å². The summed E-state index contributed by atoms with van der Waals surface area (Å²) in [6, 6.07) is 0. The monoisotopic (exact) mass is 207 g/mol. The fourth-order valence-electron chi connectivity index (χ4n) is 4.70. The van der Waals surface area contributed by atoms with E-state index < -0.39 is 0 Å². The van der Waals surface area contributed by atoms with Gasteiger partial charge in [0.15, 0.2) is 0 Å². The van der Waals surface area contributed by atoms with Crippen molar-refractivity contribution in [2.45, 2.75) is 51.4 Å². The van der Waals surface area contributed by atoms with E-state index in [1.807, 2.05) is 0 Å². The van der Waals surface area contributed by atoms with Crippen LogP contribution in [-0.4, -0.2) is 25.0 Å². The summed E-state index contributed by atoms with van der Waals surface area (Å²) in [5, 5.41) is 0. The summed E-state index contributed by atoms with van der Waals surface area (Å²) in [5.74, 6) is 2.25. The van der Waals surface area contributed by atoms with Gasteiger partial charge in [-0.3, -0.25) is 0 Å². The van der Waals surface area contributed by atoms with Crippen LogP contribution in [0.3, 0.4) is 0 Å². The summed E-state index contributed by atoms with van der Waals surface area (Å²) in [6.45, 7) is 2.73. The lowest BCUT2D eigenvalue weighted by molar-refractivity contribution is 0.0515. The smallest absolute Gasteiger partial charge is 0.00164 e. The van der Waals surface area contributed by atoms with Gasteiger partial charge in [0, 0.05) is 0 Å². The Labute approximate surface area is 94.2 Å². The van der Waals surface area contributed by atoms with E-state index in [0.717, 1.165) is 17.3 Å². The Morgan fingerprint density at radius 3 is 2.47 bits per heavy atom. The van der Waals surface area contributed by atoms with Crippen molar-refractivity contribution in [2.24, 2.45) is 17.3 Å². The van der Waals surface area contributed by atoms with Crippen molar-refractivity contribution in [3.63, 3.8) is 0 Å². The van der Waals surface area contributed by atoms with Gasteiger partial charge in [0.05, 0.1) is 0 Å². The molecule has 2 unspecified atom stereocenters. The quantitative estimate of drug-likeness (QED) is 0.589. The Kier molecular flexibility index (Phi) is 2.54. The van der Waals surface area contributed by atoms with Crippen LogP contribution in [0.15, 0.2) is 0 Å². The third kappa shape index (κ3) is 1.63. The molecule has 3 aliphatic rings. The zero-order chi connectivity index (χ0) is 10.3. The van der Waals surface area contributed by atoms with Gasteiger partial charge in [0.1, 0.15) is 0 Å². The second-order valence-corrected chi connectivity index (χ2v) is 6.36. The fraction of sp³-hybridized carbons (Fsp3) is 1.00. The van der Waals surface area contributed by atoms with Crippen LogP contribution >= 0.6 is 0 Å². The SMILES string of the molecule is CN1CCC2(CCC3CCCCC32)CC1. The van der Waals surface area contributed by atoms with Crippen LogP contribution in [0.1, 0.15) is 51.4 Å². The Morgan fingerprint density at radius 1 is 0.933 bits per heavy atom. The van der Waals surface area contributed by atoms with Gasteiger partial charge >= 0.3 is 0 Å². The zero-order valence-corrected chi connectivity index (χ0v) is 10.2. The standard InChI is InChI=1S/C14H25N/c1-15-10-8-14(9-11-15)7-6-12-4-2-3-5-13(12)14/h12-13H,2-11H2,1H3. The average Bonchev–Trinajstić information content (AvgIpc) is 2.63. The van der Waals surface area contributed by atoms with Gasteiger partial charge in [0.2, 0.25) is 0 Å². The number of nitrogens with zero attached hydrogens (tertiary/aromatic N) is 1. The number of rotatable bonds is 0. The summed E-state index contributed by atoms with van der Waals surface area (Å²) in [4.78, 5) is 2.53. The highest BCUT2D eigenvalue weighted by atomic mass is 15.1. The minimum Gasteiger partial charge on any atom is -0.306 e. The minimum absolute atomic E-state index is 0.803. The first-order valence-electron chi connectivity index (χ1n) is 6.99. The maximum Gasteiger partial charge on any atom is -0.00164 e. The third-order valence-corrected chi connectivity index (χ3v) is 5.69. The molecule has 0 amide bonds. The van der Waals surface area contributed by atoms with Gasteiger partial charge in [-0.2, -0.15) is 0 Å². The van der Waals surface area contributed by atoms with E-state index in [0.29, 0.717) is 0 Å². The number of hydrogen-bond donors (Lipinski definition) is 0. The predicted molar refractivity (Wildman–Crippen MR) is 63.8 cm³/mol. The Hall–Kier alpha value is -0.0400. The maximum absolute atomic E-state index is 2.53. The summed E-state index contributed by atoms with van der Waals surface area (Å²) in [6.07, 6.45) is 12.3. The van der Waals surface area contributed by atoms with Crippen molar-refractivity contribution in [1.82, 2.24) is 4.90 Å². The second-order valence-electron chi connectivity index (χ2n) is 6.36. The second kappa shape index (κ2) is 3.76. The van der Waals surface area contributed by atoms with E-state index >= 15 is 0 Å². The fourth-order valence-corrected chi connectivity index (χ4v) is 4.70. The largest absolute Gasteiger partial charge is 0.306 e. The summed E-state index contributed by atoms with van der Waals surface area (Å²) >= 11 is 0. The number of likely N-dealkylation sites (tertiary alicyclic amines) is 1. The molecule has 0 N–H and O–H groups in total. The third-order valence-electron chi connectivity index (χ3n) is 5.69. The molecule has 1 saturated heterocycles. The molecule has 86 valence electrons. The molecule has 2 atom stereocenters. The van der Waals surface area contributed by atoms with E-state index in [2.05, 4.69) is 11.9 Å². The van der Waals surface area contributed by atoms with E-state index in [1.54, 1.807) is 25.7 Å². The predicted octanol–water partition coefficient (Wildman–Crippen LogP) is 3.30. The van der Waals surface area contributed by atoms with Gasteiger partial charge < -0.3 is 4.90 Å². The van der Waals surface area contributed by atoms with Crippen LogP contribution in [-0.2, 0) is 0 Å². The first kappa shape index (κ1) is 10.1. The lowest BCUT2D eigenvalue weighted by atomic mass is 9.65. The van der Waals surface area contributed by atoms with Crippen molar-refractivity contribution >= 4 is 0 Å². The molecular formula is C14H25N. The molecule has 2 aliphatic carbocycles. The van der Waals surface area contributed by atoms with E-state index in [4.69, 9.17) is 0 Å². The Bertz CT molecular complexity index is 227. The van der Waals surface area contributed by atoms with Crippen molar-refractivity contribution in [3.8, 4) is 0 Å². The highest BCUT2D eigenvalue weighted by Crippen LogP contribution is 2.57. The molecule has 1 nitrogen and oxygen atoms in total. The number of hydrogen-bond acceptors (Lipinski definition) is 1. The van der Waals surface area contributed by atoms with Crippen LogP contribution in [0.4, 0.5) is 0 Å². The maximum atomic E-state index is 2.53. The van der Waals surface area contributed by atoms with Gasteiger partial charge in [-0.15, -0.1) is 0 Å². The number of fused-ring (bicyclic) bond motifs is 2. The molecule has 1 heterocycles. The van der Waals surface area contributed by atoms with Gasteiger partial charge in [-0.25, -0.2) is 0 Å². The van der Waals surface area contributed by atoms with Crippen molar-refractivity contribution in [3.05, 3.63) is 0 Å². The summed E-state index contributed by atoms with van der Waals surface area (Å²) < 4.78 is 0. The van der Waals surface area contributed by atoms with Gasteiger partial charge in [-0.1, -0.05) is 19.3 Å². The summed E-state index contributed by atoms with van der Waals surface area (Å²) in [5.41, 5.74) is 0.803. The normalized spacial score (nSPS) is 40.6. The zero-order valence-electron chi connectivity index (χ0n) is 10.2. The molecule has 0 aromatic heterocycles. The Balaban J connectivity index is 1.75. The molecule has 2 saturated carbocycles. The van der Waals surface area contributed by atoms with Crippen molar-refractivity contribution in [2.75, 3.05) is 20.1 Å².